The number of benzene rings is 1. The predicted molar refractivity (Wildman–Crippen MR) is 58.4 cm³/mol. The van der Waals surface area contributed by atoms with E-state index in [0.717, 1.165) is 0 Å². The molecule has 0 saturated heterocycles. The van der Waals surface area contributed by atoms with Crippen LogP contribution < -0.4 is 0 Å². The number of hydrogen-bond acceptors (Lipinski definition) is 2. The molecule has 0 spiro atoms. The summed E-state index contributed by atoms with van der Waals surface area (Å²) in [5, 5.41) is 12.8. The van der Waals surface area contributed by atoms with Gasteiger partial charge in [-0.05, 0) is 23.2 Å². The molecular weight excluding hydrogens is 208 g/mol. The average molecular weight is 218 g/mol. The summed E-state index contributed by atoms with van der Waals surface area (Å²) in [4.78, 5) is 16.2. The van der Waals surface area contributed by atoms with Crippen LogP contribution in [0.2, 0.25) is 0 Å². The first kappa shape index (κ1) is 8.82. The first-order valence-electron chi connectivity index (χ1n) is 4.99. The minimum Gasteiger partial charge on any atom is -0.481 e. The monoisotopic (exact) mass is 218 g/mol. The summed E-state index contributed by atoms with van der Waals surface area (Å²) in [5.74, 6) is -0.952. The van der Waals surface area contributed by atoms with Crippen LogP contribution in [0.5, 0.6) is 0 Å². The number of carboxylic acids is 1. The molecule has 2 rings (SSSR count). The zero-order chi connectivity index (χ0) is 12.4. The molecule has 2 aromatic rings. The second-order valence-electron chi connectivity index (χ2n) is 3.22. The Labute approximate surface area is 91.5 Å². The Bertz CT molecular complexity index is 643. The number of rotatable bonds is 3. The number of carboxylic acid groups (broad SMARTS) is 1. The van der Waals surface area contributed by atoms with Gasteiger partial charge in [0.2, 0.25) is 0 Å². The molecular formula is C10H8N4O2. The van der Waals surface area contributed by atoms with Crippen molar-refractivity contribution in [2.75, 3.05) is 0 Å². The van der Waals surface area contributed by atoms with E-state index in [1.165, 1.54) is 6.07 Å². The summed E-state index contributed by atoms with van der Waals surface area (Å²) in [6.45, 7) is 0. The van der Waals surface area contributed by atoms with Crippen molar-refractivity contribution in [1.82, 2.24) is 4.98 Å². The van der Waals surface area contributed by atoms with Gasteiger partial charge in [0.15, 0.2) is 0 Å². The van der Waals surface area contributed by atoms with Gasteiger partial charge in [-0.2, -0.15) is 0 Å². The summed E-state index contributed by atoms with van der Waals surface area (Å²) in [6.07, 6.45) is 1.41. The highest BCUT2D eigenvalue weighted by Crippen LogP contribution is 2.24. The van der Waals surface area contributed by atoms with Gasteiger partial charge in [0, 0.05) is 27.7 Å². The number of carbonyl (C=O) groups is 1. The Morgan fingerprint density at radius 1 is 1.75 bits per heavy atom. The van der Waals surface area contributed by atoms with Gasteiger partial charge in [-0.3, -0.25) is 4.79 Å². The molecule has 0 radical (unpaired) electrons. The van der Waals surface area contributed by atoms with Crippen LogP contribution in [-0.2, 0) is 11.2 Å². The lowest BCUT2D eigenvalue weighted by Gasteiger charge is -1.96. The van der Waals surface area contributed by atoms with Crippen molar-refractivity contribution < 1.29 is 11.3 Å². The third kappa shape index (κ3) is 1.82. The molecule has 0 fully saturated rings. The van der Waals surface area contributed by atoms with E-state index in [-0.39, 0.29) is 12.5 Å². The van der Waals surface area contributed by atoms with Gasteiger partial charge in [0.25, 0.3) is 0 Å². The van der Waals surface area contributed by atoms with E-state index < -0.39 is 5.97 Å². The van der Waals surface area contributed by atoms with Crippen LogP contribution in [0.4, 0.5) is 5.69 Å². The zero-order valence-electron chi connectivity index (χ0n) is 9.14. The Morgan fingerprint density at radius 2 is 2.56 bits per heavy atom. The van der Waals surface area contributed by atoms with Crippen molar-refractivity contribution >= 4 is 22.6 Å². The molecule has 0 aliphatic rings. The molecule has 1 aromatic heterocycles. The zero-order valence-corrected chi connectivity index (χ0v) is 8.14. The van der Waals surface area contributed by atoms with Crippen LogP contribution in [0.3, 0.4) is 0 Å². The van der Waals surface area contributed by atoms with Crippen molar-refractivity contribution in [3.8, 4) is 0 Å². The molecule has 16 heavy (non-hydrogen) atoms. The van der Waals surface area contributed by atoms with E-state index in [9.17, 15) is 4.79 Å². The number of nitrogens with one attached hydrogen (secondary N) is 1. The lowest BCUT2D eigenvalue weighted by atomic mass is 10.1. The van der Waals surface area contributed by atoms with E-state index in [4.69, 9.17) is 12.0 Å². The standard InChI is InChI=1S/C10H8N4O2/c11-14-13-7-1-2-9-8(4-7)6(5-12-9)3-10(15)16/h1-2,4-5,12H,3H2,(H,15,16)/i2T. The molecule has 0 aliphatic carbocycles. The van der Waals surface area contributed by atoms with Crippen molar-refractivity contribution in [2.45, 2.75) is 6.42 Å². The minimum atomic E-state index is -0.952. The lowest BCUT2D eigenvalue weighted by Crippen LogP contribution is -1.98. The fourth-order valence-electron chi connectivity index (χ4n) is 1.51. The van der Waals surface area contributed by atoms with Crippen molar-refractivity contribution in [1.29, 1.82) is 0 Å². The third-order valence-electron chi connectivity index (χ3n) is 2.16. The normalized spacial score (nSPS) is 10.9. The highest BCUT2D eigenvalue weighted by molar-refractivity contribution is 5.88. The van der Waals surface area contributed by atoms with E-state index in [0.29, 0.717) is 22.2 Å². The highest BCUT2D eigenvalue weighted by atomic mass is 16.4. The van der Waals surface area contributed by atoms with Gasteiger partial charge in [-0.1, -0.05) is 11.2 Å². The summed E-state index contributed by atoms with van der Waals surface area (Å²) < 4.78 is 7.72. The number of aromatic amines is 1. The number of H-pyrrole nitrogens is 1. The van der Waals surface area contributed by atoms with Crippen LogP contribution in [0.1, 0.15) is 6.93 Å². The van der Waals surface area contributed by atoms with Gasteiger partial charge < -0.3 is 10.1 Å². The second-order valence-corrected chi connectivity index (χ2v) is 3.22. The molecule has 6 nitrogen and oxygen atoms in total. The Morgan fingerprint density at radius 3 is 3.25 bits per heavy atom. The summed E-state index contributed by atoms with van der Waals surface area (Å²) in [5.41, 5.74) is 9.75. The molecule has 0 unspecified atom stereocenters. The van der Waals surface area contributed by atoms with Gasteiger partial charge >= 0.3 is 5.97 Å². The maximum Gasteiger partial charge on any atom is 0.307 e. The molecule has 0 atom stereocenters. The Kier molecular flexibility index (Phi) is 2.18. The lowest BCUT2D eigenvalue weighted by molar-refractivity contribution is -0.136. The molecule has 1 heterocycles. The molecule has 0 saturated carbocycles. The second kappa shape index (κ2) is 3.96. The molecule has 0 aliphatic heterocycles. The van der Waals surface area contributed by atoms with E-state index in [1.807, 2.05) is 0 Å². The Balaban J connectivity index is 2.64. The molecule has 0 amide bonds. The van der Waals surface area contributed by atoms with Crippen molar-refractivity contribution in [3.05, 3.63) is 40.4 Å². The van der Waals surface area contributed by atoms with E-state index in [2.05, 4.69) is 15.0 Å². The summed E-state index contributed by atoms with van der Waals surface area (Å²) in [6, 6.07) is 3.16. The summed E-state index contributed by atoms with van der Waals surface area (Å²) in [7, 11) is 0. The van der Waals surface area contributed by atoms with Gasteiger partial charge in [0.05, 0.1) is 7.79 Å². The van der Waals surface area contributed by atoms with E-state index in [1.54, 1.807) is 12.3 Å². The smallest absolute Gasteiger partial charge is 0.307 e. The van der Waals surface area contributed by atoms with E-state index >= 15 is 0 Å². The maximum absolute atomic E-state index is 10.7. The SMILES string of the molecule is [3H]c1cc(N=[N+]=[N-])cc2c(CC(=O)O)c[nH]c12. The van der Waals surface area contributed by atoms with Gasteiger partial charge in [-0.25, -0.2) is 0 Å². The maximum atomic E-state index is 10.7. The number of azide groups is 1. The van der Waals surface area contributed by atoms with Crippen LogP contribution >= 0.6 is 0 Å². The minimum absolute atomic E-state index is 0.140. The average Bonchev–Trinajstić information content (AvgIpc) is 2.62. The van der Waals surface area contributed by atoms with Gasteiger partial charge in [-0.15, -0.1) is 0 Å². The fraction of sp³-hybridized carbons (Fsp3) is 0.100. The quantitative estimate of drug-likeness (QED) is 0.470. The topological polar surface area (TPSA) is 102 Å². The molecule has 1 aromatic carbocycles. The Hall–Kier alpha value is -2.46. The van der Waals surface area contributed by atoms with Crippen LogP contribution in [0.15, 0.2) is 29.5 Å². The first-order valence-corrected chi connectivity index (χ1v) is 4.49. The van der Waals surface area contributed by atoms with Crippen molar-refractivity contribution in [3.63, 3.8) is 0 Å². The summed E-state index contributed by atoms with van der Waals surface area (Å²) >= 11 is 0. The number of hydrogen-bond donors (Lipinski definition) is 2. The van der Waals surface area contributed by atoms with Crippen molar-refractivity contribution in [2.24, 2.45) is 5.11 Å². The molecule has 2 N–H and O–H groups in total. The highest BCUT2D eigenvalue weighted by Gasteiger charge is 2.07. The largest absolute Gasteiger partial charge is 0.481 e. The van der Waals surface area contributed by atoms with Crippen LogP contribution in [0.25, 0.3) is 21.3 Å². The number of fused-ring (bicyclic) bond motifs is 1. The molecule has 6 heteroatoms. The van der Waals surface area contributed by atoms with Gasteiger partial charge in [0.1, 0.15) is 0 Å². The third-order valence-corrected chi connectivity index (χ3v) is 2.16. The fourth-order valence-corrected chi connectivity index (χ4v) is 1.51. The van der Waals surface area contributed by atoms with Crippen LogP contribution in [-0.4, -0.2) is 16.1 Å². The predicted octanol–water partition coefficient (Wildman–Crippen LogP) is 2.74. The molecule has 0 bridgehead atoms. The number of aliphatic carboxylic acids is 1. The number of nitrogens with zero attached hydrogens (tertiary/aromatic N) is 3. The molecule has 80 valence electrons. The van der Waals surface area contributed by atoms with Crippen LogP contribution in [0, 0.1) is 0 Å². The first-order chi connectivity index (χ1) is 8.11. The number of aromatic nitrogens is 1.